The molecule has 0 fully saturated rings. The zero-order valence-corrected chi connectivity index (χ0v) is 10.6. The van der Waals surface area contributed by atoms with E-state index < -0.39 is 17.3 Å². The SMILES string of the molecule is O=C(O)c1c(F)cccc1Oc1cccc(Br)c1. The number of halogens is 2. The van der Waals surface area contributed by atoms with Crippen molar-refractivity contribution in [2.75, 3.05) is 0 Å². The number of benzene rings is 2. The lowest BCUT2D eigenvalue weighted by Crippen LogP contribution is -2.03. The molecule has 3 nitrogen and oxygen atoms in total. The monoisotopic (exact) mass is 310 g/mol. The first kappa shape index (κ1) is 12.6. The normalized spacial score (nSPS) is 10.1. The van der Waals surface area contributed by atoms with Crippen LogP contribution < -0.4 is 4.74 Å². The Kier molecular flexibility index (Phi) is 3.62. The van der Waals surface area contributed by atoms with E-state index in [0.717, 1.165) is 10.5 Å². The van der Waals surface area contributed by atoms with Gasteiger partial charge in [0.15, 0.2) is 0 Å². The molecule has 2 rings (SSSR count). The topological polar surface area (TPSA) is 46.5 Å². The highest BCUT2D eigenvalue weighted by molar-refractivity contribution is 9.10. The molecule has 0 amide bonds. The van der Waals surface area contributed by atoms with E-state index >= 15 is 0 Å². The number of rotatable bonds is 3. The van der Waals surface area contributed by atoms with Gasteiger partial charge >= 0.3 is 5.97 Å². The van der Waals surface area contributed by atoms with Crippen LogP contribution in [0, 0.1) is 5.82 Å². The van der Waals surface area contributed by atoms with Crippen LogP contribution in [0.25, 0.3) is 0 Å². The largest absolute Gasteiger partial charge is 0.477 e. The summed E-state index contributed by atoms with van der Waals surface area (Å²) in [6.45, 7) is 0. The molecule has 0 spiro atoms. The quantitative estimate of drug-likeness (QED) is 0.929. The van der Waals surface area contributed by atoms with Gasteiger partial charge in [0.1, 0.15) is 22.9 Å². The molecule has 0 bridgehead atoms. The van der Waals surface area contributed by atoms with Crippen molar-refractivity contribution in [3.63, 3.8) is 0 Å². The van der Waals surface area contributed by atoms with E-state index in [2.05, 4.69) is 15.9 Å². The lowest BCUT2D eigenvalue weighted by Gasteiger charge is -2.09. The van der Waals surface area contributed by atoms with Crippen molar-refractivity contribution in [3.05, 3.63) is 58.3 Å². The molecule has 2 aromatic carbocycles. The van der Waals surface area contributed by atoms with E-state index in [0.29, 0.717) is 5.75 Å². The van der Waals surface area contributed by atoms with Gasteiger partial charge in [-0.1, -0.05) is 28.1 Å². The van der Waals surface area contributed by atoms with Crippen LogP contribution in [0.4, 0.5) is 4.39 Å². The van der Waals surface area contributed by atoms with Crippen LogP contribution in [0.2, 0.25) is 0 Å². The highest BCUT2D eigenvalue weighted by Gasteiger charge is 2.17. The van der Waals surface area contributed by atoms with Gasteiger partial charge in [0.05, 0.1) is 0 Å². The van der Waals surface area contributed by atoms with Crippen molar-refractivity contribution < 1.29 is 19.0 Å². The van der Waals surface area contributed by atoms with Crippen molar-refractivity contribution in [1.82, 2.24) is 0 Å². The predicted molar refractivity (Wildman–Crippen MR) is 67.6 cm³/mol. The van der Waals surface area contributed by atoms with Gasteiger partial charge in [-0.2, -0.15) is 0 Å². The first-order valence-electron chi connectivity index (χ1n) is 5.03. The molecule has 5 heteroatoms. The molecule has 0 atom stereocenters. The second kappa shape index (κ2) is 5.18. The molecule has 0 saturated carbocycles. The van der Waals surface area contributed by atoms with Gasteiger partial charge < -0.3 is 9.84 Å². The molecule has 0 aromatic heterocycles. The highest BCUT2D eigenvalue weighted by Crippen LogP contribution is 2.28. The van der Waals surface area contributed by atoms with Crippen molar-refractivity contribution in [2.45, 2.75) is 0 Å². The Bertz CT molecular complexity index is 599. The van der Waals surface area contributed by atoms with Crippen LogP contribution in [0.15, 0.2) is 46.9 Å². The third-order valence-corrected chi connectivity index (χ3v) is 2.71. The van der Waals surface area contributed by atoms with Crippen LogP contribution in [-0.2, 0) is 0 Å². The van der Waals surface area contributed by atoms with Crippen molar-refractivity contribution >= 4 is 21.9 Å². The standard InChI is InChI=1S/C13H8BrFO3/c14-8-3-1-4-9(7-8)18-11-6-2-5-10(15)12(11)13(16)17/h1-7H,(H,16,17). The number of ether oxygens (including phenoxy) is 1. The number of aromatic carboxylic acids is 1. The fraction of sp³-hybridized carbons (Fsp3) is 0. The summed E-state index contributed by atoms with van der Waals surface area (Å²) < 4.78 is 19.6. The van der Waals surface area contributed by atoms with Crippen molar-refractivity contribution in [3.8, 4) is 11.5 Å². The summed E-state index contributed by atoms with van der Waals surface area (Å²) in [5, 5.41) is 8.95. The Labute approximate surface area is 111 Å². The minimum Gasteiger partial charge on any atom is -0.477 e. The van der Waals surface area contributed by atoms with E-state index in [1.165, 1.54) is 12.1 Å². The predicted octanol–water partition coefficient (Wildman–Crippen LogP) is 4.08. The molecule has 0 aliphatic rings. The van der Waals surface area contributed by atoms with Gasteiger partial charge in [0.2, 0.25) is 0 Å². The Morgan fingerprint density at radius 1 is 1.22 bits per heavy atom. The average molecular weight is 311 g/mol. The smallest absolute Gasteiger partial charge is 0.342 e. The Balaban J connectivity index is 2.40. The van der Waals surface area contributed by atoms with Gasteiger partial charge in [0, 0.05) is 4.47 Å². The number of hydrogen-bond donors (Lipinski definition) is 1. The van der Waals surface area contributed by atoms with E-state index in [9.17, 15) is 9.18 Å². The van der Waals surface area contributed by atoms with E-state index in [1.807, 2.05) is 0 Å². The number of carbonyl (C=O) groups is 1. The molecule has 0 unspecified atom stereocenters. The first-order valence-corrected chi connectivity index (χ1v) is 5.82. The van der Waals surface area contributed by atoms with E-state index in [-0.39, 0.29) is 5.75 Å². The van der Waals surface area contributed by atoms with Crippen LogP contribution in [0.1, 0.15) is 10.4 Å². The number of carboxylic acid groups (broad SMARTS) is 1. The molecule has 0 radical (unpaired) electrons. The average Bonchev–Trinajstić information content (AvgIpc) is 2.28. The highest BCUT2D eigenvalue weighted by atomic mass is 79.9. The fourth-order valence-corrected chi connectivity index (χ4v) is 1.83. The first-order chi connectivity index (χ1) is 8.58. The van der Waals surface area contributed by atoms with Crippen LogP contribution in [0.5, 0.6) is 11.5 Å². The molecule has 0 heterocycles. The summed E-state index contributed by atoms with van der Waals surface area (Å²) in [5.74, 6) is -1.79. The second-order valence-corrected chi connectivity index (χ2v) is 4.39. The van der Waals surface area contributed by atoms with Gasteiger partial charge in [-0.15, -0.1) is 0 Å². The molecule has 0 aliphatic carbocycles. The van der Waals surface area contributed by atoms with Gasteiger partial charge in [-0.3, -0.25) is 0 Å². The summed E-state index contributed by atoms with van der Waals surface area (Å²) in [5.41, 5.74) is -0.475. The maximum absolute atomic E-state index is 13.4. The maximum atomic E-state index is 13.4. The molecule has 18 heavy (non-hydrogen) atoms. The Hall–Kier alpha value is -1.88. The molecule has 0 aliphatic heterocycles. The van der Waals surface area contributed by atoms with Gasteiger partial charge in [-0.25, -0.2) is 9.18 Å². The number of carboxylic acids is 1. The lowest BCUT2D eigenvalue weighted by molar-refractivity contribution is 0.0689. The third kappa shape index (κ3) is 2.68. The van der Waals surface area contributed by atoms with Gasteiger partial charge in [-0.05, 0) is 30.3 Å². The minimum atomic E-state index is -1.36. The summed E-state index contributed by atoms with van der Waals surface area (Å²) >= 11 is 3.27. The third-order valence-electron chi connectivity index (χ3n) is 2.21. The molecule has 92 valence electrons. The summed E-state index contributed by atoms with van der Waals surface area (Å²) in [4.78, 5) is 11.0. The second-order valence-electron chi connectivity index (χ2n) is 3.48. The van der Waals surface area contributed by atoms with Crippen LogP contribution in [0.3, 0.4) is 0 Å². The van der Waals surface area contributed by atoms with E-state index in [1.54, 1.807) is 24.3 Å². The number of hydrogen-bond acceptors (Lipinski definition) is 2. The lowest BCUT2D eigenvalue weighted by atomic mass is 10.2. The summed E-state index contributed by atoms with van der Waals surface area (Å²) in [6, 6.07) is 10.7. The molecular formula is C13H8BrFO3. The minimum absolute atomic E-state index is 0.0272. The maximum Gasteiger partial charge on any atom is 0.342 e. The molecule has 0 saturated heterocycles. The fourth-order valence-electron chi connectivity index (χ4n) is 1.45. The Morgan fingerprint density at radius 2 is 1.94 bits per heavy atom. The van der Waals surface area contributed by atoms with Crippen LogP contribution in [-0.4, -0.2) is 11.1 Å². The summed E-state index contributed by atoms with van der Waals surface area (Å²) in [7, 11) is 0. The van der Waals surface area contributed by atoms with Crippen molar-refractivity contribution in [2.24, 2.45) is 0 Å². The molecular weight excluding hydrogens is 303 g/mol. The zero-order valence-electron chi connectivity index (χ0n) is 9.06. The molecule has 1 N–H and O–H groups in total. The van der Waals surface area contributed by atoms with E-state index in [4.69, 9.17) is 9.84 Å². The zero-order chi connectivity index (χ0) is 13.1. The van der Waals surface area contributed by atoms with Crippen molar-refractivity contribution in [1.29, 1.82) is 0 Å². The summed E-state index contributed by atoms with van der Waals surface area (Å²) in [6.07, 6.45) is 0. The Morgan fingerprint density at radius 3 is 2.61 bits per heavy atom. The van der Waals surface area contributed by atoms with Crippen LogP contribution >= 0.6 is 15.9 Å². The van der Waals surface area contributed by atoms with Gasteiger partial charge in [0.25, 0.3) is 0 Å². The molecule has 2 aromatic rings.